The molecule has 24 heavy (non-hydrogen) atoms. The van der Waals surface area contributed by atoms with Gasteiger partial charge in [-0.05, 0) is 35.2 Å². The first kappa shape index (κ1) is 16.2. The van der Waals surface area contributed by atoms with E-state index in [-0.39, 0.29) is 11.3 Å². The molecule has 4 heteroatoms. The Hall–Kier alpha value is -2.62. The number of H-pyrrole nitrogens is 1. The molecule has 2 N–H and O–H groups in total. The molecule has 0 saturated heterocycles. The Morgan fingerprint density at radius 3 is 2.46 bits per heavy atom. The third-order valence-electron chi connectivity index (χ3n) is 4.06. The first-order valence-electron chi connectivity index (χ1n) is 8.26. The van der Waals surface area contributed by atoms with Crippen molar-refractivity contribution in [3.63, 3.8) is 0 Å². The van der Waals surface area contributed by atoms with Gasteiger partial charge in [-0.1, -0.05) is 45.0 Å². The summed E-state index contributed by atoms with van der Waals surface area (Å²) < 4.78 is 0. The summed E-state index contributed by atoms with van der Waals surface area (Å²) in [6.45, 7) is 6.52. The smallest absolute Gasteiger partial charge is 0.224 e. The van der Waals surface area contributed by atoms with Crippen LogP contribution >= 0.6 is 0 Å². The molecule has 0 radical (unpaired) electrons. The molecule has 0 saturated carbocycles. The van der Waals surface area contributed by atoms with Crippen LogP contribution in [0.25, 0.3) is 11.0 Å². The van der Waals surface area contributed by atoms with Crippen molar-refractivity contribution in [1.82, 2.24) is 9.97 Å². The first-order chi connectivity index (χ1) is 11.4. The van der Waals surface area contributed by atoms with Crippen LogP contribution in [0, 0.1) is 0 Å². The summed E-state index contributed by atoms with van der Waals surface area (Å²) in [7, 11) is 0. The number of carbonyl (C=O) groups excluding carboxylic acids is 1. The summed E-state index contributed by atoms with van der Waals surface area (Å²) in [5, 5.41) is 2.94. The molecule has 0 aliphatic carbocycles. The molecular formula is C20H23N3O. The number of aromatic nitrogens is 2. The van der Waals surface area contributed by atoms with Crippen LogP contribution < -0.4 is 5.32 Å². The van der Waals surface area contributed by atoms with Crippen molar-refractivity contribution in [2.45, 2.75) is 39.0 Å². The fraction of sp³-hybridized carbons (Fsp3) is 0.300. The zero-order valence-electron chi connectivity index (χ0n) is 14.4. The number of nitrogens with one attached hydrogen (secondary N) is 2. The van der Waals surface area contributed by atoms with Gasteiger partial charge in [-0.15, -0.1) is 0 Å². The van der Waals surface area contributed by atoms with E-state index in [0.29, 0.717) is 12.8 Å². The molecule has 3 rings (SSSR count). The molecule has 0 unspecified atom stereocenters. The SMILES string of the molecule is CC(C)(C)c1ccc(NC(=O)CCc2nc3ccccc3[nH]2)cc1. The van der Waals surface area contributed by atoms with Gasteiger partial charge in [0.15, 0.2) is 0 Å². The van der Waals surface area contributed by atoms with Crippen molar-refractivity contribution < 1.29 is 4.79 Å². The van der Waals surface area contributed by atoms with Gasteiger partial charge in [-0.2, -0.15) is 0 Å². The van der Waals surface area contributed by atoms with Gasteiger partial charge in [0.25, 0.3) is 0 Å². The van der Waals surface area contributed by atoms with Crippen LogP contribution in [0.5, 0.6) is 0 Å². The molecule has 1 amide bonds. The van der Waals surface area contributed by atoms with Gasteiger partial charge in [0.05, 0.1) is 11.0 Å². The van der Waals surface area contributed by atoms with Crippen LogP contribution in [-0.2, 0) is 16.6 Å². The monoisotopic (exact) mass is 321 g/mol. The summed E-state index contributed by atoms with van der Waals surface area (Å²) >= 11 is 0. The summed E-state index contributed by atoms with van der Waals surface area (Å²) in [5.74, 6) is 0.841. The van der Waals surface area contributed by atoms with Crippen LogP contribution in [-0.4, -0.2) is 15.9 Å². The van der Waals surface area contributed by atoms with Crippen molar-refractivity contribution in [2.75, 3.05) is 5.32 Å². The molecule has 124 valence electrons. The lowest BCUT2D eigenvalue weighted by atomic mass is 9.87. The standard InChI is InChI=1S/C20H23N3O/c1-20(2,3)14-8-10-15(11-9-14)21-19(24)13-12-18-22-16-6-4-5-7-17(16)23-18/h4-11H,12-13H2,1-3H3,(H,21,24)(H,22,23). The normalized spacial score (nSPS) is 11.6. The second-order valence-electron chi connectivity index (χ2n) is 7.08. The van der Waals surface area contributed by atoms with E-state index in [4.69, 9.17) is 0 Å². The number of anilines is 1. The fourth-order valence-corrected chi connectivity index (χ4v) is 2.63. The Morgan fingerprint density at radius 1 is 1.08 bits per heavy atom. The van der Waals surface area contributed by atoms with Crippen molar-refractivity contribution in [1.29, 1.82) is 0 Å². The molecule has 2 aromatic carbocycles. The Kier molecular flexibility index (Phi) is 4.38. The van der Waals surface area contributed by atoms with Gasteiger partial charge in [0, 0.05) is 18.5 Å². The van der Waals surface area contributed by atoms with Crippen LogP contribution in [0.4, 0.5) is 5.69 Å². The number of fused-ring (bicyclic) bond motifs is 1. The van der Waals surface area contributed by atoms with E-state index in [1.807, 2.05) is 36.4 Å². The van der Waals surface area contributed by atoms with Gasteiger partial charge < -0.3 is 10.3 Å². The number of rotatable bonds is 4. The van der Waals surface area contributed by atoms with Crippen molar-refractivity contribution in [3.8, 4) is 0 Å². The van der Waals surface area contributed by atoms with E-state index in [1.54, 1.807) is 0 Å². The fourth-order valence-electron chi connectivity index (χ4n) is 2.63. The molecular weight excluding hydrogens is 298 g/mol. The van der Waals surface area contributed by atoms with E-state index < -0.39 is 0 Å². The number of aromatic amines is 1. The zero-order valence-corrected chi connectivity index (χ0v) is 14.4. The van der Waals surface area contributed by atoms with Crippen molar-refractivity contribution >= 4 is 22.6 Å². The predicted molar refractivity (Wildman–Crippen MR) is 98.2 cm³/mol. The van der Waals surface area contributed by atoms with Crippen LogP contribution in [0.15, 0.2) is 48.5 Å². The number of hydrogen-bond acceptors (Lipinski definition) is 2. The Balaban J connectivity index is 1.57. The number of aryl methyl sites for hydroxylation is 1. The molecule has 0 aliphatic rings. The number of para-hydroxylation sites is 2. The topological polar surface area (TPSA) is 57.8 Å². The van der Waals surface area contributed by atoms with Crippen molar-refractivity contribution in [3.05, 3.63) is 59.9 Å². The highest BCUT2D eigenvalue weighted by Gasteiger charge is 2.13. The Bertz CT molecular complexity index is 808. The molecule has 0 spiro atoms. The number of carbonyl (C=O) groups is 1. The molecule has 1 aromatic heterocycles. The van der Waals surface area contributed by atoms with E-state index in [1.165, 1.54) is 5.56 Å². The summed E-state index contributed by atoms with van der Waals surface area (Å²) in [6.07, 6.45) is 1.00. The minimum absolute atomic E-state index is 0.000959. The lowest BCUT2D eigenvalue weighted by Gasteiger charge is -2.19. The van der Waals surface area contributed by atoms with Gasteiger partial charge in [0.2, 0.25) is 5.91 Å². The minimum Gasteiger partial charge on any atom is -0.342 e. The average molecular weight is 321 g/mol. The van der Waals surface area contributed by atoms with Gasteiger partial charge >= 0.3 is 0 Å². The number of imidazole rings is 1. The highest BCUT2D eigenvalue weighted by Crippen LogP contribution is 2.23. The highest BCUT2D eigenvalue weighted by molar-refractivity contribution is 5.90. The van der Waals surface area contributed by atoms with E-state index in [9.17, 15) is 4.79 Å². The second-order valence-corrected chi connectivity index (χ2v) is 7.08. The summed E-state index contributed by atoms with van der Waals surface area (Å²) in [5.41, 5.74) is 4.14. The van der Waals surface area contributed by atoms with Crippen molar-refractivity contribution in [2.24, 2.45) is 0 Å². The molecule has 0 fully saturated rings. The summed E-state index contributed by atoms with van der Waals surface area (Å²) in [4.78, 5) is 19.9. The lowest BCUT2D eigenvalue weighted by Crippen LogP contribution is -2.14. The Labute approximate surface area is 142 Å². The Morgan fingerprint density at radius 2 is 1.79 bits per heavy atom. The van der Waals surface area contributed by atoms with Gasteiger partial charge in [-0.25, -0.2) is 4.98 Å². The lowest BCUT2D eigenvalue weighted by molar-refractivity contribution is -0.116. The third kappa shape index (κ3) is 3.82. The number of benzene rings is 2. The maximum Gasteiger partial charge on any atom is 0.224 e. The van der Waals surface area contributed by atoms with Crippen LogP contribution in [0.3, 0.4) is 0 Å². The quantitative estimate of drug-likeness (QED) is 0.747. The molecule has 4 nitrogen and oxygen atoms in total. The predicted octanol–water partition coefficient (Wildman–Crippen LogP) is 4.43. The summed E-state index contributed by atoms with van der Waals surface area (Å²) in [6, 6.07) is 15.9. The largest absolute Gasteiger partial charge is 0.342 e. The number of amides is 1. The maximum atomic E-state index is 12.1. The van der Waals surface area contributed by atoms with E-state index >= 15 is 0 Å². The van der Waals surface area contributed by atoms with E-state index in [2.05, 4.69) is 48.2 Å². The molecule has 0 bridgehead atoms. The highest BCUT2D eigenvalue weighted by atomic mass is 16.1. The van der Waals surface area contributed by atoms with E-state index in [0.717, 1.165) is 22.5 Å². The number of hydrogen-bond donors (Lipinski definition) is 2. The first-order valence-corrected chi connectivity index (χ1v) is 8.26. The molecule has 0 atom stereocenters. The minimum atomic E-state index is -0.000959. The van der Waals surface area contributed by atoms with Gasteiger partial charge in [-0.3, -0.25) is 4.79 Å². The zero-order chi connectivity index (χ0) is 17.2. The maximum absolute atomic E-state index is 12.1. The number of nitrogens with zero attached hydrogens (tertiary/aromatic N) is 1. The van der Waals surface area contributed by atoms with Crippen LogP contribution in [0.1, 0.15) is 38.6 Å². The van der Waals surface area contributed by atoms with Gasteiger partial charge in [0.1, 0.15) is 5.82 Å². The average Bonchev–Trinajstić information content (AvgIpc) is 2.95. The second kappa shape index (κ2) is 6.48. The van der Waals surface area contributed by atoms with Crippen LogP contribution in [0.2, 0.25) is 0 Å². The molecule has 0 aliphatic heterocycles. The molecule has 3 aromatic rings. The molecule has 1 heterocycles. The third-order valence-corrected chi connectivity index (χ3v) is 4.06.